The van der Waals surface area contributed by atoms with E-state index in [9.17, 15) is 9.90 Å². The highest BCUT2D eigenvalue weighted by Crippen LogP contribution is 2.32. The second kappa shape index (κ2) is 6.73. The number of rotatable bonds is 2. The van der Waals surface area contributed by atoms with Crippen LogP contribution in [0, 0.1) is 5.92 Å². The summed E-state index contributed by atoms with van der Waals surface area (Å²) in [6, 6.07) is 10.4. The molecule has 3 unspecified atom stereocenters. The fourth-order valence-corrected chi connectivity index (χ4v) is 3.77. The third-order valence-corrected chi connectivity index (χ3v) is 4.85. The first-order chi connectivity index (χ1) is 11.3. The van der Waals surface area contributed by atoms with E-state index in [4.69, 9.17) is 4.74 Å². The van der Waals surface area contributed by atoms with Crippen LogP contribution in [-0.2, 0) is 11.3 Å². The normalized spacial score (nSPS) is 27.8. The lowest BCUT2D eigenvalue weighted by molar-refractivity contribution is -0.0219. The van der Waals surface area contributed by atoms with E-state index in [0.29, 0.717) is 13.0 Å². The van der Waals surface area contributed by atoms with Crippen molar-refractivity contribution in [1.29, 1.82) is 0 Å². The van der Waals surface area contributed by atoms with Crippen LogP contribution in [0.25, 0.3) is 0 Å². The number of benzene rings is 1. The maximum absolute atomic E-state index is 12.5. The van der Waals surface area contributed by atoms with E-state index in [0.717, 1.165) is 19.6 Å². The number of nitrogens with zero attached hydrogens (tertiary/aromatic N) is 2. The van der Waals surface area contributed by atoms with Gasteiger partial charge in [0, 0.05) is 32.1 Å². The summed E-state index contributed by atoms with van der Waals surface area (Å²) in [4.78, 5) is 16.7. The summed E-state index contributed by atoms with van der Waals surface area (Å²) in [5.74, 6) is 0.106. The summed E-state index contributed by atoms with van der Waals surface area (Å²) in [6.45, 7) is 8.68. The van der Waals surface area contributed by atoms with Gasteiger partial charge in [-0.3, -0.25) is 4.90 Å². The Labute approximate surface area is 144 Å². The van der Waals surface area contributed by atoms with Crippen LogP contribution in [0.4, 0.5) is 4.79 Å². The number of aliphatic hydroxyl groups is 1. The maximum atomic E-state index is 12.5. The van der Waals surface area contributed by atoms with Crippen molar-refractivity contribution in [3.05, 3.63) is 35.9 Å². The number of carbonyl (C=O) groups is 1. The number of likely N-dealkylation sites (tertiary alicyclic amines) is 2. The molecule has 0 radical (unpaired) electrons. The summed E-state index contributed by atoms with van der Waals surface area (Å²) in [5, 5.41) is 10.4. The molecule has 2 heterocycles. The number of hydrogen-bond acceptors (Lipinski definition) is 4. The molecule has 0 bridgehead atoms. The quantitative estimate of drug-likeness (QED) is 0.904. The predicted octanol–water partition coefficient (Wildman–Crippen LogP) is 2.49. The third kappa shape index (κ3) is 3.90. The Hall–Kier alpha value is -1.59. The average molecular weight is 332 g/mol. The third-order valence-electron chi connectivity index (χ3n) is 4.85. The van der Waals surface area contributed by atoms with Gasteiger partial charge in [-0.15, -0.1) is 0 Å². The number of ether oxygens (including phenoxy) is 1. The van der Waals surface area contributed by atoms with Gasteiger partial charge >= 0.3 is 6.09 Å². The topological polar surface area (TPSA) is 53.0 Å². The fraction of sp³-hybridized carbons (Fsp3) is 0.632. The molecule has 0 spiro atoms. The van der Waals surface area contributed by atoms with E-state index < -0.39 is 5.60 Å². The van der Waals surface area contributed by atoms with Gasteiger partial charge in [0.2, 0.25) is 0 Å². The molecular formula is C19H28N2O3. The Bertz CT molecular complexity index is 570. The van der Waals surface area contributed by atoms with Crippen LogP contribution in [0.1, 0.15) is 32.8 Å². The van der Waals surface area contributed by atoms with Gasteiger partial charge in [0.15, 0.2) is 0 Å². The number of aliphatic hydroxyl groups excluding tert-OH is 1. The number of hydrogen-bond donors (Lipinski definition) is 1. The molecule has 3 atom stereocenters. The smallest absolute Gasteiger partial charge is 0.410 e. The lowest BCUT2D eigenvalue weighted by Crippen LogP contribution is -2.54. The standard InChI is InChI=1S/C19H28N2O3/c1-19(2,3)24-18(23)21-10-9-17(22)15-12-20(13-16(15)21)11-14-7-5-4-6-8-14/h4-8,15-17,22H,9-13H2,1-3H3. The average Bonchev–Trinajstić information content (AvgIpc) is 2.91. The number of piperidine rings is 1. The highest BCUT2D eigenvalue weighted by molar-refractivity contribution is 5.69. The maximum Gasteiger partial charge on any atom is 0.410 e. The fourth-order valence-electron chi connectivity index (χ4n) is 3.77. The molecular weight excluding hydrogens is 304 g/mol. The molecule has 1 aromatic carbocycles. The van der Waals surface area contributed by atoms with Crippen molar-refractivity contribution >= 4 is 6.09 Å². The summed E-state index contributed by atoms with van der Waals surface area (Å²) in [5.41, 5.74) is 0.764. The Morgan fingerprint density at radius 2 is 1.96 bits per heavy atom. The second-order valence-corrected chi connectivity index (χ2v) is 7.94. The van der Waals surface area contributed by atoms with Gasteiger partial charge in [0.05, 0.1) is 12.1 Å². The van der Waals surface area contributed by atoms with Crippen molar-refractivity contribution in [3.63, 3.8) is 0 Å². The molecule has 1 N–H and O–H groups in total. The van der Waals surface area contributed by atoms with Gasteiger partial charge < -0.3 is 14.7 Å². The monoisotopic (exact) mass is 332 g/mol. The first kappa shape index (κ1) is 17.2. The van der Waals surface area contributed by atoms with E-state index in [1.165, 1.54) is 5.56 Å². The molecule has 2 aliphatic heterocycles. The van der Waals surface area contributed by atoms with Crippen LogP contribution < -0.4 is 0 Å². The van der Waals surface area contributed by atoms with Gasteiger partial charge in [0.1, 0.15) is 5.60 Å². The minimum atomic E-state index is -0.495. The van der Waals surface area contributed by atoms with Crippen molar-refractivity contribution in [3.8, 4) is 0 Å². The minimum absolute atomic E-state index is 0.0345. The summed E-state index contributed by atoms with van der Waals surface area (Å²) in [7, 11) is 0. The molecule has 1 amide bonds. The Morgan fingerprint density at radius 1 is 1.25 bits per heavy atom. The molecule has 132 valence electrons. The van der Waals surface area contributed by atoms with Crippen molar-refractivity contribution in [2.24, 2.45) is 5.92 Å². The number of amides is 1. The molecule has 3 rings (SSSR count). The van der Waals surface area contributed by atoms with E-state index in [1.807, 2.05) is 43.9 Å². The van der Waals surface area contributed by atoms with Crippen molar-refractivity contribution in [2.45, 2.75) is 51.5 Å². The molecule has 0 aromatic heterocycles. The molecule has 24 heavy (non-hydrogen) atoms. The van der Waals surface area contributed by atoms with Crippen LogP contribution in [0.3, 0.4) is 0 Å². The van der Waals surface area contributed by atoms with Crippen molar-refractivity contribution in [2.75, 3.05) is 19.6 Å². The molecule has 5 heteroatoms. The van der Waals surface area contributed by atoms with Gasteiger partial charge in [-0.05, 0) is 32.8 Å². The van der Waals surface area contributed by atoms with E-state index in [2.05, 4.69) is 17.0 Å². The lowest BCUT2D eigenvalue weighted by Gasteiger charge is -2.40. The Morgan fingerprint density at radius 3 is 2.62 bits per heavy atom. The number of carbonyl (C=O) groups excluding carboxylic acids is 1. The van der Waals surface area contributed by atoms with Crippen LogP contribution in [0.2, 0.25) is 0 Å². The lowest BCUT2D eigenvalue weighted by atomic mass is 9.89. The second-order valence-electron chi connectivity index (χ2n) is 7.94. The summed E-state index contributed by atoms with van der Waals surface area (Å²) >= 11 is 0. The predicted molar refractivity (Wildman–Crippen MR) is 92.6 cm³/mol. The van der Waals surface area contributed by atoms with E-state index >= 15 is 0 Å². The van der Waals surface area contributed by atoms with Crippen LogP contribution >= 0.6 is 0 Å². The minimum Gasteiger partial charge on any atom is -0.444 e. The zero-order chi connectivity index (χ0) is 17.3. The van der Waals surface area contributed by atoms with E-state index in [1.54, 1.807) is 0 Å². The van der Waals surface area contributed by atoms with Crippen molar-refractivity contribution < 1.29 is 14.6 Å². The zero-order valence-electron chi connectivity index (χ0n) is 14.8. The molecule has 2 saturated heterocycles. The van der Waals surface area contributed by atoms with Crippen LogP contribution in [0.15, 0.2) is 30.3 Å². The van der Waals surface area contributed by atoms with Crippen molar-refractivity contribution in [1.82, 2.24) is 9.80 Å². The van der Waals surface area contributed by atoms with Crippen LogP contribution in [-0.4, -0.2) is 58.4 Å². The Balaban J connectivity index is 1.69. The molecule has 5 nitrogen and oxygen atoms in total. The number of fused-ring (bicyclic) bond motifs is 1. The first-order valence-corrected chi connectivity index (χ1v) is 8.77. The SMILES string of the molecule is CC(C)(C)OC(=O)N1CCC(O)C2CN(Cc3ccccc3)CC21. The highest BCUT2D eigenvalue weighted by atomic mass is 16.6. The summed E-state index contributed by atoms with van der Waals surface area (Å²) in [6.07, 6.45) is 0.0278. The van der Waals surface area contributed by atoms with Gasteiger partial charge in [0.25, 0.3) is 0 Å². The first-order valence-electron chi connectivity index (χ1n) is 8.77. The Kier molecular flexibility index (Phi) is 4.83. The largest absolute Gasteiger partial charge is 0.444 e. The molecule has 0 aliphatic carbocycles. The van der Waals surface area contributed by atoms with Gasteiger partial charge in [-0.1, -0.05) is 30.3 Å². The van der Waals surface area contributed by atoms with Gasteiger partial charge in [-0.2, -0.15) is 0 Å². The highest BCUT2D eigenvalue weighted by Gasteiger charge is 2.46. The van der Waals surface area contributed by atoms with E-state index in [-0.39, 0.29) is 24.2 Å². The van der Waals surface area contributed by atoms with Crippen LogP contribution in [0.5, 0.6) is 0 Å². The summed E-state index contributed by atoms with van der Waals surface area (Å²) < 4.78 is 5.56. The molecule has 2 fully saturated rings. The molecule has 1 aromatic rings. The molecule has 2 aliphatic rings. The zero-order valence-corrected chi connectivity index (χ0v) is 14.8. The molecule has 0 saturated carbocycles. The van der Waals surface area contributed by atoms with Gasteiger partial charge in [-0.25, -0.2) is 4.79 Å².